The van der Waals surface area contributed by atoms with E-state index < -0.39 is 0 Å². The lowest BCUT2D eigenvalue weighted by Gasteiger charge is -2.20. The van der Waals surface area contributed by atoms with Gasteiger partial charge in [-0.3, -0.25) is 0 Å². The Balaban J connectivity index is 1.65. The lowest BCUT2D eigenvalue weighted by atomic mass is 9.93. The summed E-state index contributed by atoms with van der Waals surface area (Å²) in [5.74, 6) is 1.89. The molecule has 0 bridgehead atoms. The zero-order valence-electron chi connectivity index (χ0n) is 12.8. The van der Waals surface area contributed by atoms with Gasteiger partial charge < -0.3 is 10.1 Å². The van der Waals surface area contributed by atoms with Gasteiger partial charge in [0.25, 0.3) is 0 Å². The Labute approximate surface area is 123 Å². The maximum atomic E-state index is 5.79. The summed E-state index contributed by atoms with van der Waals surface area (Å²) in [5.41, 5.74) is 0. The summed E-state index contributed by atoms with van der Waals surface area (Å²) in [5, 5.41) is 3.64. The minimum Gasteiger partial charge on any atom is -0.494 e. The standard InChI is InChI=1S/C18H29NO/c1-2-19-17-11-7-6-9-16(15-17)10-8-14-20-18-12-4-3-5-13-18/h3-5,12-13,16-17,19H,2,6-11,14-15H2,1H3. The molecule has 1 aliphatic carbocycles. The van der Waals surface area contributed by atoms with E-state index in [1.54, 1.807) is 0 Å². The van der Waals surface area contributed by atoms with Gasteiger partial charge in [0.05, 0.1) is 6.61 Å². The summed E-state index contributed by atoms with van der Waals surface area (Å²) >= 11 is 0. The van der Waals surface area contributed by atoms with Gasteiger partial charge in [-0.25, -0.2) is 0 Å². The van der Waals surface area contributed by atoms with Crippen molar-refractivity contribution in [2.45, 2.75) is 57.9 Å². The fourth-order valence-corrected chi connectivity index (χ4v) is 3.28. The molecule has 0 amide bonds. The van der Waals surface area contributed by atoms with Crippen molar-refractivity contribution in [3.05, 3.63) is 30.3 Å². The summed E-state index contributed by atoms with van der Waals surface area (Å²) in [6, 6.07) is 10.9. The highest BCUT2D eigenvalue weighted by Crippen LogP contribution is 2.27. The van der Waals surface area contributed by atoms with Crippen molar-refractivity contribution in [3.63, 3.8) is 0 Å². The number of hydrogen-bond donors (Lipinski definition) is 1. The molecular formula is C18H29NO. The molecule has 1 aromatic carbocycles. The van der Waals surface area contributed by atoms with Crippen LogP contribution in [0.5, 0.6) is 5.75 Å². The molecule has 2 rings (SSSR count). The van der Waals surface area contributed by atoms with Crippen molar-refractivity contribution in [2.24, 2.45) is 5.92 Å². The van der Waals surface area contributed by atoms with Crippen LogP contribution < -0.4 is 10.1 Å². The first kappa shape index (κ1) is 15.4. The molecule has 1 aromatic rings. The van der Waals surface area contributed by atoms with Gasteiger partial charge in [0.1, 0.15) is 5.75 Å². The number of nitrogens with one attached hydrogen (secondary N) is 1. The lowest BCUT2D eigenvalue weighted by Crippen LogP contribution is -2.29. The van der Waals surface area contributed by atoms with E-state index in [0.29, 0.717) is 0 Å². The van der Waals surface area contributed by atoms with Crippen molar-refractivity contribution >= 4 is 0 Å². The monoisotopic (exact) mass is 275 g/mol. The molecule has 2 nitrogen and oxygen atoms in total. The van der Waals surface area contributed by atoms with Crippen molar-refractivity contribution in [1.82, 2.24) is 5.32 Å². The van der Waals surface area contributed by atoms with E-state index in [1.165, 1.54) is 44.9 Å². The third-order valence-corrected chi connectivity index (χ3v) is 4.29. The van der Waals surface area contributed by atoms with Gasteiger partial charge in [0.15, 0.2) is 0 Å². The van der Waals surface area contributed by atoms with Crippen LogP contribution in [0, 0.1) is 5.92 Å². The molecule has 2 heteroatoms. The lowest BCUT2D eigenvalue weighted by molar-refractivity contribution is 0.279. The zero-order valence-corrected chi connectivity index (χ0v) is 12.8. The predicted molar refractivity (Wildman–Crippen MR) is 85.2 cm³/mol. The Morgan fingerprint density at radius 3 is 2.75 bits per heavy atom. The molecule has 0 aromatic heterocycles. The van der Waals surface area contributed by atoms with E-state index >= 15 is 0 Å². The minimum absolute atomic E-state index is 0.752. The van der Waals surface area contributed by atoms with Crippen LogP contribution in [0.3, 0.4) is 0 Å². The summed E-state index contributed by atoms with van der Waals surface area (Å²) < 4.78 is 5.79. The second-order valence-electron chi connectivity index (χ2n) is 5.94. The normalized spacial score (nSPS) is 23.2. The minimum atomic E-state index is 0.752. The molecule has 0 spiro atoms. The van der Waals surface area contributed by atoms with E-state index in [0.717, 1.165) is 30.9 Å². The first-order chi connectivity index (χ1) is 9.88. The smallest absolute Gasteiger partial charge is 0.119 e. The number of benzene rings is 1. The Kier molecular flexibility index (Phi) is 6.93. The average molecular weight is 275 g/mol. The Morgan fingerprint density at radius 1 is 1.15 bits per heavy atom. The Bertz CT molecular complexity index is 352. The number of hydrogen-bond acceptors (Lipinski definition) is 2. The molecule has 0 aliphatic heterocycles. The van der Waals surface area contributed by atoms with E-state index in [1.807, 2.05) is 30.3 Å². The predicted octanol–water partition coefficient (Wildman–Crippen LogP) is 4.40. The average Bonchev–Trinajstić information content (AvgIpc) is 2.70. The topological polar surface area (TPSA) is 21.3 Å². The molecule has 0 heterocycles. The van der Waals surface area contributed by atoms with Crippen LogP contribution in [-0.2, 0) is 0 Å². The number of para-hydroxylation sites is 1. The van der Waals surface area contributed by atoms with Crippen molar-refractivity contribution < 1.29 is 4.74 Å². The number of ether oxygens (including phenoxy) is 1. The van der Waals surface area contributed by atoms with E-state index in [2.05, 4.69) is 12.2 Å². The van der Waals surface area contributed by atoms with Gasteiger partial charge in [-0.1, -0.05) is 44.4 Å². The first-order valence-corrected chi connectivity index (χ1v) is 8.29. The molecule has 2 unspecified atom stereocenters. The van der Waals surface area contributed by atoms with E-state index in [4.69, 9.17) is 4.74 Å². The number of rotatable bonds is 7. The van der Waals surface area contributed by atoms with Crippen LogP contribution in [0.1, 0.15) is 51.9 Å². The highest BCUT2D eigenvalue weighted by Gasteiger charge is 2.19. The van der Waals surface area contributed by atoms with Gasteiger partial charge in [0.2, 0.25) is 0 Å². The fourth-order valence-electron chi connectivity index (χ4n) is 3.28. The fraction of sp³-hybridized carbons (Fsp3) is 0.667. The van der Waals surface area contributed by atoms with Crippen molar-refractivity contribution in [1.29, 1.82) is 0 Å². The van der Waals surface area contributed by atoms with Crippen LogP contribution >= 0.6 is 0 Å². The molecule has 1 saturated carbocycles. The van der Waals surface area contributed by atoms with Gasteiger partial charge in [-0.15, -0.1) is 0 Å². The molecule has 0 radical (unpaired) electrons. The van der Waals surface area contributed by atoms with Gasteiger partial charge >= 0.3 is 0 Å². The zero-order chi connectivity index (χ0) is 14.0. The molecule has 0 saturated heterocycles. The summed E-state index contributed by atoms with van der Waals surface area (Å²) in [6.07, 6.45) is 9.44. The van der Waals surface area contributed by atoms with Crippen LogP contribution in [-0.4, -0.2) is 19.2 Å². The second kappa shape index (κ2) is 9.02. The van der Waals surface area contributed by atoms with Crippen LogP contribution in [0.2, 0.25) is 0 Å². The molecule has 1 aliphatic rings. The maximum Gasteiger partial charge on any atom is 0.119 e. The van der Waals surface area contributed by atoms with Crippen LogP contribution in [0.4, 0.5) is 0 Å². The SMILES string of the molecule is CCNC1CCCCC(CCCOc2ccccc2)C1. The third kappa shape index (κ3) is 5.54. The highest BCUT2D eigenvalue weighted by molar-refractivity contribution is 5.20. The Morgan fingerprint density at radius 2 is 1.95 bits per heavy atom. The molecule has 2 atom stereocenters. The molecule has 20 heavy (non-hydrogen) atoms. The molecule has 1 N–H and O–H groups in total. The van der Waals surface area contributed by atoms with Crippen molar-refractivity contribution in [2.75, 3.05) is 13.2 Å². The summed E-state index contributed by atoms with van der Waals surface area (Å²) in [7, 11) is 0. The summed E-state index contributed by atoms with van der Waals surface area (Å²) in [4.78, 5) is 0. The first-order valence-electron chi connectivity index (χ1n) is 8.29. The van der Waals surface area contributed by atoms with E-state index in [9.17, 15) is 0 Å². The van der Waals surface area contributed by atoms with Crippen molar-refractivity contribution in [3.8, 4) is 5.75 Å². The highest BCUT2D eigenvalue weighted by atomic mass is 16.5. The third-order valence-electron chi connectivity index (χ3n) is 4.29. The second-order valence-corrected chi connectivity index (χ2v) is 5.94. The Hall–Kier alpha value is -1.02. The maximum absolute atomic E-state index is 5.79. The van der Waals surface area contributed by atoms with Crippen LogP contribution in [0.25, 0.3) is 0 Å². The summed E-state index contributed by atoms with van der Waals surface area (Å²) in [6.45, 7) is 4.18. The van der Waals surface area contributed by atoms with Gasteiger partial charge in [0, 0.05) is 6.04 Å². The van der Waals surface area contributed by atoms with Crippen LogP contribution in [0.15, 0.2) is 30.3 Å². The van der Waals surface area contributed by atoms with E-state index in [-0.39, 0.29) is 0 Å². The molecule has 112 valence electrons. The molecular weight excluding hydrogens is 246 g/mol. The largest absolute Gasteiger partial charge is 0.494 e. The van der Waals surface area contributed by atoms with Gasteiger partial charge in [-0.2, -0.15) is 0 Å². The van der Waals surface area contributed by atoms with Gasteiger partial charge in [-0.05, 0) is 50.3 Å². The quantitative estimate of drug-likeness (QED) is 0.588. The molecule has 1 fully saturated rings.